The van der Waals surface area contributed by atoms with Crippen molar-refractivity contribution in [2.45, 2.75) is 25.8 Å². The first kappa shape index (κ1) is 13.1. The van der Waals surface area contributed by atoms with Gasteiger partial charge in [-0.05, 0) is 31.5 Å². The Hall–Kier alpha value is -1.91. The fourth-order valence-electron chi connectivity index (χ4n) is 3.07. The molecule has 4 nitrogen and oxygen atoms in total. The van der Waals surface area contributed by atoms with Gasteiger partial charge in [0.25, 0.3) is 0 Å². The second kappa shape index (κ2) is 4.89. The highest BCUT2D eigenvalue weighted by atomic mass is 19.1. The highest BCUT2D eigenvalue weighted by Crippen LogP contribution is 2.28. The molecule has 0 aliphatic carbocycles. The van der Waals surface area contributed by atoms with Crippen LogP contribution < -0.4 is 4.90 Å². The largest absolute Gasteiger partial charge is 0.365 e. The van der Waals surface area contributed by atoms with Gasteiger partial charge in [0, 0.05) is 37.7 Å². The molecule has 20 heavy (non-hydrogen) atoms. The zero-order valence-electron chi connectivity index (χ0n) is 11.4. The smallest absolute Gasteiger partial charge is 0.223 e. The first-order valence-corrected chi connectivity index (χ1v) is 6.91. The van der Waals surface area contributed by atoms with Gasteiger partial charge in [0.05, 0.1) is 5.69 Å². The van der Waals surface area contributed by atoms with Crippen molar-refractivity contribution in [3.63, 3.8) is 0 Å². The van der Waals surface area contributed by atoms with E-state index in [4.69, 9.17) is 0 Å². The van der Waals surface area contributed by atoms with Gasteiger partial charge in [0.15, 0.2) is 5.78 Å². The van der Waals surface area contributed by atoms with Crippen molar-refractivity contribution in [2.24, 2.45) is 0 Å². The van der Waals surface area contributed by atoms with Gasteiger partial charge >= 0.3 is 0 Å². The summed E-state index contributed by atoms with van der Waals surface area (Å²) >= 11 is 0. The zero-order valence-corrected chi connectivity index (χ0v) is 11.4. The Morgan fingerprint density at radius 3 is 2.85 bits per heavy atom. The molecule has 106 valence electrons. The lowest BCUT2D eigenvalue weighted by Gasteiger charge is -2.39. The average Bonchev–Trinajstić information content (AvgIpc) is 2.79. The van der Waals surface area contributed by atoms with Crippen molar-refractivity contribution < 1.29 is 14.0 Å². The Bertz CT molecular complexity index is 573. The van der Waals surface area contributed by atoms with E-state index in [1.807, 2.05) is 9.80 Å². The van der Waals surface area contributed by atoms with Gasteiger partial charge in [-0.15, -0.1) is 0 Å². The molecule has 2 heterocycles. The Labute approximate surface area is 117 Å². The van der Waals surface area contributed by atoms with Crippen molar-refractivity contribution in [1.82, 2.24) is 4.90 Å². The number of benzene rings is 1. The maximum absolute atomic E-state index is 14.1. The lowest BCUT2D eigenvalue weighted by molar-refractivity contribution is -0.129. The molecule has 0 bridgehead atoms. The number of Topliss-reactive ketones (excluding diaryl/α,β-unsaturated/α-hetero) is 1. The maximum atomic E-state index is 14.1. The van der Waals surface area contributed by atoms with Crippen LogP contribution in [0.5, 0.6) is 0 Å². The Kier molecular flexibility index (Phi) is 3.20. The summed E-state index contributed by atoms with van der Waals surface area (Å²) in [5, 5.41) is 0. The van der Waals surface area contributed by atoms with E-state index in [1.165, 1.54) is 13.0 Å². The van der Waals surface area contributed by atoms with E-state index in [0.29, 0.717) is 37.3 Å². The van der Waals surface area contributed by atoms with Gasteiger partial charge in [-0.2, -0.15) is 0 Å². The van der Waals surface area contributed by atoms with E-state index >= 15 is 0 Å². The van der Waals surface area contributed by atoms with Gasteiger partial charge in [-0.3, -0.25) is 9.59 Å². The van der Waals surface area contributed by atoms with Crippen molar-refractivity contribution in [3.8, 4) is 0 Å². The number of anilines is 1. The number of rotatable bonds is 2. The molecule has 3 rings (SSSR count). The number of fused-ring (bicyclic) bond motifs is 1. The third-order valence-electron chi connectivity index (χ3n) is 4.19. The van der Waals surface area contributed by atoms with Crippen molar-refractivity contribution in [3.05, 3.63) is 29.6 Å². The fraction of sp³-hybridized carbons (Fsp3) is 0.467. The minimum Gasteiger partial charge on any atom is -0.365 e. The van der Waals surface area contributed by atoms with E-state index in [2.05, 4.69) is 0 Å². The molecule has 1 unspecified atom stereocenters. The average molecular weight is 276 g/mol. The normalized spacial score (nSPS) is 22.1. The number of amides is 1. The zero-order chi connectivity index (χ0) is 14.3. The van der Waals surface area contributed by atoms with Gasteiger partial charge in [0.1, 0.15) is 5.82 Å². The number of carbonyl (C=O) groups excluding carboxylic acids is 2. The first-order valence-electron chi connectivity index (χ1n) is 6.91. The highest BCUT2D eigenvalue weighted by molar-refractivity contribution is 5.94. The second-order valence-corrected chi connectivity index (χ2v) is 5.45. The summed E-state index contributed by atoms with van der Waals surface area (Å²) in [5.74, 6) is -0.292. The van der Waals surface area contributed by atoms with Crippen LogP contribution in [0, 0.1) is 5.82 Å². The standard InChI is InChI=1S/C15H17FN2O2/c1-10(19)11-2-4-14(13(16)8-11)17-6-7-18-12(9-17)3-5-15(18)20/h2,4,8,12H,3,5-7,9H2,1H3. The van der Waals surface area contributed by atoms with Gasteiger partial charge in [-0.25, -0.2) is 4.39 Å². The summed E-state index contributed by atoms with van der Waals surface area (Å²) < 4.78 is 14.1. The van der Waals surface area contributed by atoms with E-state index in [1.54, 1.807) is 12.1 Å². The summed E-state index contributed by atoms with van der Waals surface area (Å²) in [7, 11) is 0. The van der Waals surface area contributed by atoms with Crippen LogP contribution in [0.15, 0.2) is 18.2 Å². The van der Waals surface area contributed by atoms with Crippen molar-refractivity contribution in [2.75, 3.05) is 24.5 Å². The van der Waals surface area contributed by atoms with Gasteiger partial charge in [-0.1, -0.05) is 0 Å². The summed E-state index contributed by atoms with van der Waals surface area (Å²) in [6.45, 7) is 3.38. The number of hydrogen-bond acceptors (Lipinski definition) is 3. The highest BCUT2D eigenvalue weighted by Gasteiger charge is 2.36. The summed E-state index contributed by atoms with van der Waals surface area (Å²) in [6, 6.07) is 4.82. The minimum absolute atomic E-state index is 0.137. The first-order chi connectivity index (χ1) is 9.56. The Balaban J connectivity index is 1.80. The predicted octanol–water partition coefficient (Wildman–Crippen LogP) is 1.84. The molecule has 0 radical (unpaired) electrons. The topological polar surface area (TPSA) is 40.6 Å². The predicted molar refractivity (Wildman–Crippen MR) is 73.4 cm³/mol. The third-order valence-corrected chi connectivity index (χ3v) is 4.19. The molecule has 0 N–H and O–H groups in total. The molecular weight excluding hydrogens is 259 g/mol. The van der Waals surface area contributed by atoms with E-state index in [0.717, 1.165) is 6.42 Å². The summed E-state index contributed by atoms with van der Waals surface area (Å²) in [5.41, 5.74) is 0.912. The van der Waals surface area contributed by atoms with Crippen LogP contribution in [0.25, 0.3) is 0 Å². The van der Waals surface area contributed by atoms with Crippen LogP contribution in [-0.4, -0.2) is 42.3 Å². The molecule has 2 aliphatic rings. The molecule has 1 aromatic carbocycles. The van der Waals surface area contributed by atoms with Crippen LogP contribution in [0.2, 0.25) is 0 Å². The molecule has 1 atom stereocenters. The van der Waals surface area contributed by atoms with E-state index in [9.17, 15) is 14.0 Å². The fourth-order valence-corrected chi connectivity index (χ4v) is 3.07. The molecule has 0 aromatic heterocycles. The number of ketones is 1. The molecule has 1 aromatic rings. The van der Waals surface area contributed by atoms with Crippen molar-refractivity contribution >= 4 is 17.4 Å². The minimum atomic E-state index is -0.365. The SMILES string of the molecule is CC(=O)c1ccc(N2CCN3C(=O)CCC3C2)c(F)c1. The van der Waals surface area contributed by atoms with Gasteiger partial charge in [0.2, 0.25) is 5.91 Å². The number of piperazine rings is 1. The molecule has 2 saturated heterocycles. The molecule has 2 fully saturated rings. The van der Waals surface area contributed by atoms with Crippen LogP contribution >= 0.6 is 0 Å². The van der Waals surface area contributed by atoms with Gasteiger partial charge < -0.3 is 9.80 Å². The monoisotopic (exact) mass is 276 g/mol. The summed E-state index contributed by atoms with van der Waals surface area (Å²) in [4.78, 5) is 26.8. The number of carbonyl (C=O) groups is 2. The number of halogens is 1. The molecule has 0 spiro atoms. The van der Waals surface area contributed by atoms with Crippen LogP contribution in [0.4, 0.5) is 10.1 Å². The van der Waals surface area contributed by atoms with Crippen LogP contribution in [0.3, 0.4) is 0 Å². The number of nitrogens with zero attached hydrogens (tertiary/aromatic N) is 2. The third kappa shape index (κ3) is 2.17. The van der Waals surface area contributed by atoms with Crippen LogP contribution in [0.1, 0.15) is 30.1 Å². The second-order valence-electron chi connectivity index (χ2n) is 5.45. The lowest BCUT2D eigenvalue weighted by Crippen LogP contribution is -2.51. The van der Waals surface area contributed by atoms with Crippen LogP contribution in [-0.2, 0) is 4.79 Å². The molecule has 1 amide bonds. The Morgan fingerprint density at radius 1 is 1.35 bits per heavy atom. The molecule has 2 aliphatic heterocycles. The van der Waals surface area contributed by atoms with E-state index < -0.39 is 0 Å². The molecule has 0 saturated carbocycles. The number of hydrogen-bond donors (Lipinski definition) is 0. The van der Waals surface area contributed by atoms with Crippen molar-refractivity contribution in [1.29, 1.82) is 0 Å². The maximum Gasteiger partial charge on any atom is 0.223 e. The molecule has 5 heteroatoms. The lowest BCUT2D eigenvalue weighted by atomic mass is 10.1. The quantitative estimate of drug-likeness (QED) is 0.774. The van der Waals surface area contributed by atoms with E-state index in [-0.39, 0.29) is 23.5 Å². The Morgan fingerprint density at radius 2 is 2.15 bits per heavy atom. The molecular formula is C15H17FN2O2. The summed E-state index contributed by atoms with van der Waals surface area (Å²) in [6.07, 6.45) is 1.45.